The molecule has 1 unspecified atom stereocenters. The lowest BCUT2D eigenvalue weighted by Gasteiger charge is -2.32. The maximum Gasteiger partial charge on any atom is 0.497 e. The van der Waals surface area contributed by atoms with E-state index in [4.69, 9.17) is 27.6 Å². The van der Waals surface area contributed by atoms with Gasteiger partial charge in [0.2, 0.25) is 0 Å². The number of quaternary nitrogens is 1. The molecule has 1 saturated heterocycles. The molecule has 234 valence electrons. The van der Waals surface area contributed by atoms with Gasteiger partial charge in [-0.05, 0) is 53.9 Å². The van der Waals surface area contributed by atoms with E-state index in [1.165, 1.54) is 66.7 Å². The second-order valence-corrected chi connectivity index (χ2v) is 11.2. The standard InChI is InChI=1S/C31H28ClF3N5O5/c32-24-11-9-21(10-12-24)29(43)39-16-23-8-7-22(27(36)37)15-25(23)40(26(41)17-39,45-30(44)31(33,34)35)18-19-3-5-20(6-4-19)28(42)38-13-1-2-14-38/h3-12,15H,1-2,13-14,16-18H2,(H3,36,37)/q+1. The van der Waals surface area contributed by atoms with Crippen molar-refractivity contribution in [3.63, 3.8) is 0 Å². The van der Waals surface area contributed by atoms with E-state index in [0.29, 0.717) is 23.7 Å². The highest BCUT2D eigenvalue weighted by molar-refractivity contribution is 6.30. The van der Waals surface area contributed by atoms with Gasteiger partial charge in [-0.2, -0.15) is 13.2 Å². The summed E-state index contributed by atoms with van der Waals surface area (Å²) in [5.74, 6) is -4.97. The number of halogens is 4. The summed E-state index contributed by atoms with van der Waals surface area (Å²) in [5, 5.41) is 8.27. The largest absolute Gasteiger partial charge is 0.497 e. The number of nitrogen functional groups attached to an aromatic ring is 1. The van der Waals surface area contributed by atoms with Gasteiger partial charge in [0.05, 0.1) is 6.54 Å². The van der Waals surface area contributed by atoms with Crippen LogP contribution in [0.1, 0.15) is 50.2 Å². The molecule has 0 radical (unpaired) electrons. The highest BCUT2D eigenvalue weighted by atomic mass is 35.5. The van der Waals surface area contributed by atoms with Gasteiger partial charge in [-0.3, -0.25) is 19.8 Å². The van der Waals surface area contributed by atoms with Crippen LogP contribution in [0.4, 0.5) is 18.9 Å². The Morgan fingerprint density at radius 3 is 2.00 bits per heavy atom. The zero-order valence-corrected chi connectivity index (χ0v) is 24.5. The third-order valence-corrected chi connectivity index (χ3v) is 7.98. The SMILES string of the molecule is N=C(N)c1ccc2c(c1)[N+](Cc1ccc(C(=O)N3CCCC3)cc1)(OC(=O)C(F)(F)F)C(=O)CN(C(=O)c1ccc(Cl)cc1)C2. The third-order valence-electron chi connectivity index (χ3n) is 7.72. The van der Waals surface area contributed by atoms with Gasteiger partial charge in [0.25, 0.3) is 11.8 Å². The highest BCUT2D eigenvalue weighted by Gasteiger charge is 2.55. The number of likely N-dealkylation sites (tertiary alicyclic amines) is 1. The molecule has 3 amide bonds. The second kappa shape index (κ2) is 12.3. The lowest BCUT2D eigenvalue weighted by atomic mass is 10.0. The molecule has 3 aromatic carbocycles. The molecular formula is C31H28ClF3N5O5+. The molecule has 1 fully saturated rings. The Labute approximate surface area is 260 Å². The van der Waals surface area contributed by atoms with Gasteiger partial charge in [0.1, 0.15) is 12.4 Å². The van der Waals surface area contributed by atoms with Gasteiger partial charge >= 0.3 is 18.1 Å². The van der Waals surface area contributed by atoms with Gasteiger partial charge in [0, 0.05) is 52.0 Å². The summed E-state index contributed by atoms with van der Waals surface area (Å²) in [6.45, 7) is -0.363. The molecule has 3 aromatic rings. The molecule has 0 aliphatic carbocycles. The third kappa shape index (κ3) is 6.54. The molecule has 2 heterocycles. The number of hydrogen-bond donors (Lipinski definition) is 2. The van der Waals surface area contributed by atoms with Gasteiger partial charge < -0.3 is 15.5 Å². The average Bonchev–Trinajstić information content (AvgIpc) is 3.52. The number of amidine groups is 1. The minimum absolute atomic E-state index is 0.0520. The van der Waals surface area contributed by atoms with Crippen LogP contribution in [0.15, 0.2) is 66.7 Å². The molecular weight excluding hydrogens is 615 g/mol. The fourth-order valence-electron chi connectivity index (χ4n) is 5.40. The number of nitrogens with two attached hydrogens (primary N) is 1. The zero-order chi connectivity index (χ0) is 32.5. The first kappa shape index (κ1) is 31.7. The summed E-state index contributed by atoms with van der Waals surface area (Å²) in [4.78, 5) is 60.9. The first-order valence-electron chi connectivity index (χ1n) is 13.9. The first-order valence-corrected chi connectivity index (χ1v) is 14.3. The summed E-state index contributed by atoms with van der Waals surface area (Å²) in [5.41, 5.74) is 6.49. The van der Waals surface area contributed by atoms with Crippen LogP contribution in [0.2, 0.25) is 5.02 Å². The number of rotatable bonds is 6. The maximum absolute atomic E-state index is 14.2. The van der Waals surface area contributed by atoms with Gasteiger partial charge in [-0.25, -0.2) is 9.59 Å². The van der Waals surface area contributed by atoms with Crippen LogP contribution in [-0.4, -0.2) is 65.1 Å². The van der Waals surface area contributed by atoms with Crippen molar-refractivity contribution in [2.75, 3.05) is 19.6 Å². The summed E-state index contributed by atoms with van der Waals surface area (Å²) in [6.07, 6.45) is -3.70. The number of carbonyl (C=O) groups excluding carboxylic acids is 4. The predicted octanol–water partition coefficient (Wildman–Crippen LogP) is 4.57. The molecule has 45 heavy (non-hydrogen) atoms. The molecule has 2 aliphatic rings. The van der Waals surface area contributed by atoms with Gasteiger partial charge in [-0.1, -0.05) is 35.9 Å². The van der Waals surface area contributed by atoms with Crippen molar-refractivity contribution in [1.82, 2.24) is 14.4 Å². The molecule has 0 aromatic heterocycles. The molecule has 2 aliphatic heterocycles. The molecule has 10 nitrogen and oxygen atoms in total. The van der Waals surface area contributed by atoms with Crippen molar-refractivity contribution < 1.29 is 37.2 Å². The van der Waals surface area contributed by atoms with E-state index in [1.807, 2.05) is 0 Å². The Kier molecular flexibility index (Phi) is 8.68. The fourth-order valence-corrected chi connectivity index (χ4v) is 5.53. The Bertz CT molecular complexity index is 1670. The van der Waals surface area contributed by atoms with Crippen LogP contribution < -0.4 is 10.4 Å². The van der Waals surface area contributed by atoms with Crippen LogP contribution >= 0.6 is 11.6 Å². The highest BCUT2D eigenvalue weighted by Crippen LogP contribution is 2.38. The number of hydrogen-bond acceptors (Lipinski definition) is 6. The smallest absolute Gasteiger partial charge is 0.384 e. The fraction of sp³-hybridized carbons (Fsp3) is 0.258. The average molecular weight is 643 g/mol. The minimum Gasteiger partial charge on any atom is -0.384 e. The van der Waals surface area contributed by atoms with E-state index in [1.54, 1.807) is 4.90 Å². The Hall–Kier alpha value is -4.75. The molecule has 0 saturated carbocycles. The van der Waals surface area contributed by atoms with E-state index in [0.717, 1.165) is 17.7 Å². The van der Waals surface area contributed by atoms with Crippen LogP contribution in [0.5, 0.6) is 0 Å². The monoisotopic (exact) mass is 642 g/mol. The Morgan fingerprint density at radius 2 is 1.42 bits per heavy atom. The number of benzene rings is 3. The number of fused-ring (bicyclic) bond motifs is 1. The summed E-state index contributed by atoms with van der Waals surface area (Å²) in [6, 6.07) is 15.8. The van der Waals surface area contributed by atoms with Crippen molar-refractivity contribution in [3.8, 4) is 0 Å². The van der Waals surface area contributed by atoms with Crippen molar-refractivity contribution in [3.05, 3.63) is 99.6 Å². The number of amides is 3. The van der Waals surface area contributed by atoms with Crippen LogP contribution in [0, 0.1) is 5.41 Å². The lowest BCUT2D eigenvalue weighted by Crippen LogP contribution is -2.58. The second-order valence-electron chi connectivity index (χ2n) is 10.8. The molecule has 5 rings (SSSR count). The van der Waals surface area contributed by atoms with Crippen molar-refractivity contribution in [2.45, 2.75) is 32.1 Å². The molecule has 3 N–H and O–H groups in total. The number of alkyl halides is 3. The summed E-state index contributed by atoms with van der Waals surface area (Å²) >= 11 is 5.95. The summed E-state index contributed by atoms with van der Waals surface area (Å²) < 4.78 is 39.5. The number of carbonyl (C=O) groups is 4. The Balaban J connectivity index is 1.61. The van der Waals surface area contributed by atoms with E-state index < -0.39 is 47.5 Å². The summed E-state index contributed by atoms with van der Waals surface area (Å²) in [7, 11) is 0. The molecule has 14 heteroatoms. The minimum atomic E-state index is -5.47. The van der Waals surface area contributed by atoms with E-state index in [9.17, 15) is 32.3 Å². The van der Waals surface area contributed by atoms with E-state index >= 15 is 0 Å². The Morgan fingerprint density at radius 1 is 0.867 bits per heavy atom. The van der Waals surface area contributed by atoms with Crippen molar-refractivity contribution in [1.29, 1.82) is 5.41 Å². The number of nitrogens with one attached hydrogen (secondary N) is 1. The van der Waals surface area contributed by atoms with Crippen LogP contribution in [0.3, 0.4) is 0 Å². The van der Waals surface area contributed by atoms with Crippen molar-refractivity contribution >= 4 is 46.8 Å². The van der Waals surface area contributed by atoms with Crippen LogP contribution in [-0.2, 0) is 27.5 Å². The molecule has 1 atom stereocenters. The van der Waals surface area contributed by atoms with E-state index in [-0.39, 0.29) is 40.4 Å². The van der Waals surface area contributed by atoms with Crippen molar-refractivity contribution in [2.24, 2.45) is 5.73 Å². The normalized spacial score (nSPS) is 18.3. The lowest BCUT2D eigenvalue weighted by molar-refractivity contribution is -0.235. The van der Waals surface area contributed by atoms with E-state index in [2.05, 4.69) is 0 Å². The zero-order valence-electron chi connectivity index (χ0n) is 23.8. The molecule has 0 spiro atoms. The quantitative estimate of drug-likeness (QED) is 0.230. The topological polar surface area (TPSA) is 134 Å². The predicted molar refractivity (Wildman–Crippen MR) is 158 cm³/mol. The van der Waals surface area contributed by atoms with Gasteiger partial charge in [-0.15, -0.1) is 0 Å². The van der Waals surface area contributed by atoms with Gasteiger partial charge in [0.15, 0.2) is 12.2 Å². The maximum atomic E-state index is 14.2. The first-order chi connectivity index (χ1) is 21.3. The van der Waals surface area contributed by atoms with Crippen LogP contribution in [0.25, 0.3) is 0 Å². The number of hydroxylamine groups is 2. The number of nitrogens with zero attached hydrogens (tertiary/aromatic N) is 3. The molecule has 0 bridgehead atoms.